The molecular weight excluding hydrogens is 512 g/mol. The number of carbonyl (C=O) groups excluding carboxylic acids is 2. The number of nitriles is 1. The summed E-state index contributed by atoms with van der Waals surface area (Å²) in [4.78, 5) is 29.2. The van der Waals surface area contributed by atoms with Crippen molar-refractivity contribution in [3.63, 3.8) is 0 Å². The van der Waals surface area contributed by atoms with Crippen LogP contribution in [-0.4, -0.2) is 54.8 Å². The van der Waals surface area contributed by atoms with E-state index in [1.807, 2.05) is 0 Å². The standard InChI is InChI=1S/C29H30F4N4O2/c1-18-27(23(16-26(38)36(18)2)19-4-5-24(32)25(33)12-19)28(39)35-8-3-9-37-10-6-29(17-34,7-11-37)20-13-21(30)15-22(31)14-20/h4-5,12-15,23H,3,6-11,16H2,1-2H3,(H,35,39). The van der Waals surface area contributed by atoms with Gasteiger partial charge in [-0.3, -0.25) is 9.59 Å². The first-order chi connectivity index (χ1) is 18.5. The van der Waals surface area contributed by atoms with Crippen molar-refractivity contribution in [2.24, 2.45) is 0 Å². The Morgan fingerprint density at radius 2 is 1.74 bits per heavy atom. The van der Waals surface area contributed by atoms with Crippen LogP contribution in [0.4, 0.5) is 17.6 Å². The van der Waals surface area contributed by atoms with Crippen molar-refractivity contribution >= 4 is 11.8 Å². The Morgan fingerprint density at radius 3 is 2.36 bits per heavy atom. The maximum atomic E-state index is 13.9. The van der Waals surface area contributed by atoms with Crippen molar-refractivity contribution in [1.82, 2.24) is 15.1 Å². The van der Waals surface area contributed by atoms with Crippen molar-refractivity contribution < 1.29 is 27.2 Å². The third kappa shape index (κ3) is 5.98. The third-order valence-electron chi connectivity index (χ3n) is 7.86. The minimum Gasteiger partial charge on any atom is -0.352 e. The van der Waals surface area contributed by atoms with Gasteiger partial charge in [-0.1, -0.05) is 6.07 Å². The van der Waals surface area contributed by atoms with Gasteiger partial charge < -0.3 is 15.1 Å². The molecule has 39 heavy (non-hydrogen) atoms. The zero-order valence-corrected chi connectivity index (χ0v) is 21.9. The number of nitrogens with one attached hydrogen (secondary N) is 1. The minimum absolute atomic E-state index is 0.0364. The van der Waals surface area contributed by atoms with Crippen LogP contribution in [0, 0.1) is 34.6 Å². The highest BCUT2D eigenvalue weighted by Gasteiger charge is 2.37. The Morgan fingerprint density at radius 1 is 1.08 bits per heavy atom. The lowest BCUT2D eigenvalue weighted by atomic mass is 9.74. The van der Waals surface area contributed by atoms with Gasteiger partial charge in [0.25, 0.3) is 0 Å². The number of hydrogen-bond donors (Lipinski definition) is 1. The Balaban J connectivity index is 1.35. The molecular formula is C29H30F4N4O2. The second-order valence-electron chi connectivity index (χ2n) is 10.2. The summed E-state index contributed by atoms with van der Waals surface area (Å²) in [5.41, 5.74) is 0.548. The van der Waals surface area contributed by atoms with E-state index in [9.17, 15) is 32.4 Å². The fraction of sp³-hybridized carbons (Fsp3) is 0.414. The largest absolute Gasteiger partial charge is 0.352 e. The average molecular weight is 543 g/mol. The Kier molecular flexibility index (Phi) is 8.40. The predicted octanol–water partition coefficient (Wildman–Crippen LogP) is 4.53. The lowest BCUT2D eigenvalue weighted by Crippen LogP contribution is -2.43. The molecule has 0 spiro atoms. The molecule has 0 aliphatic carbocycles. The summed E-state index contributed by atoms with van der Waals surface area (Å²) in [6, 6.07) is 8.90. The van der Waals surface area contributed by atoms with Gasteiger partial charge >= 0.3 is 0 Å². The number of carbonyl (C=O) groups is 2. The molecule has 1 atom stereocenters. The topological polar surface area (TPSA) is 76.4 Å². The summed E-state index contributed by atoms with van der Waals surface area (Å²) in [6.45, 7) is 3.76. The minimum atomic E-state index is -1.04. The normalized spacial score (nSPS) is 19.7. The van der Waals surface area contributed by atoms with Gasteiger partial charge in [-0.15, -0.1) is 0 Å². The Bertz CT molecular complexity index is 1330. The van der Waals surface area contributed by atoms with Gasteiger partial charge in [-0.25, -0.2) is 17.6 Å². The molecule has 2 aromatic rings. The monoisotopic (exact) mass is 542 g/mol. The zero-order chi connectivity index (χ0) is 28.3. The molecule has 2 amide bonds. The van der Waals surface area contributed by atoms with Gasteiger partial charge in [0, 0.05) is 43.3 Å². The number of piperidine rings is 1. The van der Waals surface area contributed by atoms with E-state index in [1.54, 1.807) is 14.0 Å². The van der Waals surface area contributed by atoms with E-state index in [1.165, 1.54) is 23.1 Å². The van der Waals surface area contributed by atoms with E-state index in [2.05, 4.69) is 16.3 Å². The Labute approximate surface area is 224 Å². The van der Waals surface area contributed by atoms with E-state index in [0.29, 0.717) is 67.8 Å². The second kappa shape index (κ2) is 11.6. The molecule has 0 bridgehead atoms. The molecule has 2 aromatic carbocycles. The van der Waals surface area contributed by atoms with Crippen LogP contribution in [0.25, 0.3) is 0 Å². The van der Waals surface area contributed by atoms with E-state index in [4.69, 9.17) is 0 Å². The zero-order valence-electron chi connectivity index (χ0n) is 21.9. The number of nitrogens with zero attached hydrogens (tertiary/aromatic N) is 3. The van der Waals surface area contributed by atoms with Gasteiger partial charge in [0.05, 0.1) is 11.5 Å². The molecule has 2 aliphatic rings. The molecule has 1 fully saturated rings. The van der Waals surface area contributed by atoms with Crippen LogP contribution in [0.1, 0.15) is 49.7 Å². The van der Waals surface area contributed by atoms with Gasteiger partial charge in [0.2, 0.25) is 11.8 Å². The molecule has 2 heterocycles. The molecule has 0 aromatic heterocycles. The summed E-state index contributed by atoms with van der Waals surface area (Å²) in [7, 11) is 1.57. The van der Waals surface area contributed by atoms with E-state index in [-0.39, 0.29) is 18.2 Å². The third-order valence-corrected chi connectivity index (χ3v) is 7.86. The Hall–Kier alpha value is -3.71. The van der Waals surface area contributed by atoms with Crippen molar-refractivity contribution in [2.75, 3.05) is 33.2 Å². The first-order valence-corrected chi connectivity index (χ1v) is 12.9. The number of rotatable bonds is 7. The molecule has 0 radical (unpaired) electrons. The predicted molar refractivity (Wildman–Crippen MR) is 136 cm³/mol. The lowest BCUT2D eigenvalue weighted by Gasteiger charge is -2.37. The van der Waals surface area contributed by atoms with Crippen LogP contribution in [0.5, 0.6) is 0 Å². The van der Waals surface area contributed by atoms with E-state index < -0.39 is 34.6 Å². The lowest BCUT2D eigenvalue weighted by molar-refractivity contribution is -0.129. The van der Waals surface area contributed by atoms with Crippen LogP contribution in [0.3, 0.4) is 0 Å². The van der Waals surface area contributed by atoms with Gasteiger partial charge in [0.15, 0.2) is 11.6 Å². The average Bonchev–Trinajstić information content (AvgIpc) is 2.91. The smallest absolute Gasteiger partial charge is 0.249 e. The first-order valence-electron chi connectivity index (χ1n) is 12.9. The highest BCUT2D eigenvalue weighted by atomic mass is 19.2. The second-order valence-corrected chi connectivity index (χ2v) is 10.2. The number of amides is 2. The maximum absolute atomic E-state index is 13.9. The van der Waals surface area contributed by atoms with Crippen molar-refractivity contribution in [2.45, 2.75) is 43.9 Å². The van der Waals surface area contributed by atoms with Crippen molar-refractivity contribution in [3.05, 3.63) is 82.1 Å². The van der Waals surface area contributed by atoms with Gasteiger partial charge in [0.1, 0.15) is 11.6 Å². The molecule has 1 unspecified atom stereocenters. The maximum Gasteiger partial charge on any atom is 0.249 e. The number of halogens is 4. The van der Waals surface area contributed by atoms with Gasteiger partial charge in [-0.05, 0) is 81.2 Å². The van der Waals surface area contributed by atoms with E-state index in [0.717, 1.165) is 18.2 Å². The summed E-state index contributed by atoms with van der Waals surface area (Å²) < 4.78 is 54.9. The van der Waals surface area contributed by atoms with Crippen LogP contribution >= 0.6 is 0 Å². The fourth-order valence-corrected chi connectivity index (χ4v) is 5.42. The molecule has 10 heteroatoms. The van der Waals surface area contributed by atoms with E-state index >= 15 is 0 Å². The van der Waals surface area contributed by atoms with Gasteiger partial charge in [-0.2, -0.15) is 5.26 Å². The van der Waals surface area contributed by atoms with Crippen LogP contribution < -0.4 is 5.32 Å². The van der Waals surface area contributed by atoms with Crippen molar-refractivity contribution in [1.29, 1.82) is 5.26 Å². The highest BCUT2D eigenvalue weighted by Crippen LogP contribution is 2.37. The summed E-state index contributed by atoms with van der Waals surface area (Å²) in [5, 5.41) is 12.7. The molecule has 4 rings (SSSR count). The van der Waals surface area contributed by atoms with Crippen LogP contribution in [0.15, 0.2) is 47.7 Å². The summed E-state index contributed by atoms with van der Waals surface area (Å²) >= 11 is 0. The summed E-state index contributed by atoms with van der Waals surface area (Å²) in [5.74, 6) is -4.75. The fourth-order valence-electron chi connectivity index (χ4n) is 5.42. The first kappa shape index (κ1) is 28.3. The number of hydrogen-bond acceptors (Lipinski definition) is 4. The van der Waals surface area contributed by atoms with Crippen LogP contribution in [-0.2, 0) is 15.0 Å². The molecule has 2 aliphatic heterocycles. The summed E-state index contributed by atoms with van der Waals surface area (Å²) in [6.07, 6.45) is 1.43. The molecule has 0 saturated carbocycles. The molecule has 6 nitrogen and oxygen atoms in total. The number of likely N-dealkylation sites (tertiary alicyclic amines) is 1. The number of allylic oxidation sites excluding steroid dienone is 1. The quantitative estimate of drug-likeness (QED) is 0.412. The van der Waals surface area contributed by atoms with Crippen LogP contribution in [0.2, 0.25) is 0 Å². The highest BCUT2D eigenvalue weighted by molar-refractivity contribution is 5.99. The SMILES string of the molecule is CC1=C(C(=O)NCCCN2CCC(C#N)(c3cc(F)cc(F)c3)CC2)C(c2ccc(F)c(F)c2)CC(=O)N1C. The molecule has 1 N–H and O–H groups in total. The molecule has 1 saturated heterocycles. The number of benzene rings is 2. The molecule has 206 valence electrons. The van der Waals surface area contributed by atoms with Crippen molar-refractivity contribution in [3.8, 4) is 6.07 Å².